The molecule has 7 nitrogen and oxygen atoms in total. The molecule has 3 heterocycles. The summed E-state index contributed by atoms with van der Waals surface area (Å²) >= 11 is 0. The number of nitrogens with zero attached hydrogens (tertiary/aromatic N) is 5. The monoisotopic (exact) mass is 329 g/mol. The summed E-state index contributed by atoms with van der Waals surface area (Å²) in [5, 5.41) is 5.26. The van der Waals surface area contributed by atoms with Crippen molar-refractivity contribution < 1.29 is 9.53 Å². The van der Waals surface area contributed by atoms with E-state index < -0.39 is 0 Å². The van der Waals surface area contributed by atoms with Gasteiger partial charge >= 0.3 is 5.97 Å². The Kier molecular flexibility index (Phi) is 3.86. The van der Waals surface area contributed by atoms with Crippen molar-refractivity contribution in [1.82, 2.24) is 19.7 Å². The second kappa shape index (κ2) is 6.03. The third-order valence-electron chi connectivity index (χ3n) is 5.56. The highest BCUT2D eigenvalue weighted by Crippen LogP contribution is 2.44. The van der Waals surface area contributed by atoms with E-state index in [9.17, 15) is 4.79 Å². The van der Waals surface area contributed by atoms with Crippen LogP contribution in [0.25, 0.3) is 11.0 Å². The minimum absolute atomic E-state index is 0.0710. The summed E-state index contributed by atoms with van der Waals surface area (Å²) in [5.74, 6) is 0.639. The Bertz CT molecular complexity index is 751. The van der Waals surface area contributed by atoms with Crippen LogP contribution in [-0.2, 0) is 16.1 Å². The van der Waals surface area contributed by atoms with E-state index in [2.05, 4.69) is 20.0 Å². The van der Waals surface area contributed by atoms with Gasteiger partial charge in [0.05, 0.1) is 18.7 Å². The van der Waals surface area contributed by atoms with Gasteiger partial charge in [0, 0.05) is 12.1 Å². The molecule has 7 heteroatoms. The van der Waals surface area contributed by atoms with Crippen LogP contribution in [0.2, 0.25) is 0 Å². The second-order valence-electron chi connectivity index (χ2n) is 6.85. The number of methoxy groups -OCH3 is 1. The summed E-state index contributed by atoms with van der Waals surface area (Å²) in [6.07, 6.45) is 12.2. The topological polar surface area (TPSA) is 73.1 Å². The first-order valence-electron chi connectivity index (χ1n) is 8.74. The van der Waals surface area contributed by atoms with Crippen LogP contribution in [0.4, 0.5) is 5.82 Å². The molecule has 1 saturated carbocycles. The van der Waals surface area contributed by atoms with Crippen molar-refractivity contribution in [2.75, 3.05) is 18.6 Å². The van der Waals surface area contributed by atoms with E-state index in [1.165, 1.54) is 52.1 Å². The molecule has 1 aliphatic heterocycles. The lowest BCUT2D eigenvalue weighted by Gasteiger charge is -2.42. The SMILES string of the molecule is COC(=O)Cn1ncc2c(N3CCCC34CCCCC4)ncnc21. The van der Waals surface area contributed by atoms with Gasteiger partial charge in [-0.15, -0.1) is 0 Å². The first-order valence-corrected chi connectivity index (χ1v) is 8.74. The van der Waals surface area contributed by atoms with E-state index >= 15 is 0 Å². The van der Waals surface area contributed by atoms with Gasteiger partial charge in [-0.1, -0.05) is 19.3 Å². The van der Waals surface area contributed by atoms with Gasteiger partial charge in [0.1, 0.15) is 18.7 Å². The van der Waals surface area contributed by atoms with E-state index in [0.29, 0.717) is 5.65 Å². The molecule has 1 aliphatic carbocycles. The quantitative estimate of drug-likeness (QED) is 0.805. The number of ether oxygens (including phenoxy) is 1. The van der Waals surface area contributed by atoms with Crippen LogP contribution < -0.4 is 4.90 Å². The zero-order valence-electron chi connectivity index (χ0n) is 14.1. The van der Waals surface area contributed by atoms with Crippen LogP contribution in [0.15, 0.2) is 12.5 Å². The van der Waals surface area contributed by atoms with Gasteiger partial charge in [0.15, 0.2) is 5.65 Å². The van der Waals surface area contributed by atoms with Crippen molar-refractivity contribution in [2.45, 2.75) is 57.0 Å². The first kappa shape index (κ1) is 15.4. The fourth-order valence-corrected chi connectivity index (χ4v) is 4.40. The zero-order valence-corrected chi connectivity index (χ0v) is 14.1. The number of fused-ring (bicyclic) bond motifs is 1. The van der Waals surface area contributed by atoms with E-state index in [4.69, 9.17) is 4.74 Å². The summed E-state index contributed by atoms with van der Waals surface area (Å²) in [6, 6.07) is 0. The van der Waals surface area contributed by atoms with Gasteiger partial charge < -0.3 is 9.64 Å². The molecule has 2 aromatic heterocycles. The Labute approximate surface area is 141 Å². The maximum atomic E-state index is 11.6. The molecular weight excluding hydrogens is 306 g/mol. The molecule has 4 rings (SSSR count). The molecule has 1 spiro atoms. The van der Waals surface area contributed by atoms with Crippen molar-refractivity contribution in [2.24, 2.45) is 0 Å². The third-order valence-corrected chi connectivity index (χ3v) is 5.56. The fourth-order valence-electron chi connectivity index (χ4n) is 4.40. The van der Waals surface area contributed by atoms with Gasteiger partial charge in [-0.3, -0.25) is 4.79 Å². The van der Waals surface area contributed by atoms with Crippen molar-refractivity contribution in [1.29, 1.82) is 0 Å². The molecule has 24 heavy (non-hydrogen) atoms. The lowest BCUT2D eigenvalue weighted by atomic mass is 9.79. The second-order valence-corrected chi connectivity index (χ2v) is 6.85. The molecule has 2 fully saturated rings. The average Bonchev–Trinajstić information content (AvgIpc) is 3.20. The number of carbonyl (C=O) groups excluding carboxylic acids is 1. The molecule has 0 radical (unpaired) electrons. The van der Waals surface area contributed by atoms with E-state index in [1.807, 2.05) is 0 Å². The van der Waals surface area contributed by atoms with Gasteiger partial charge in [-0.2, -0.15) is 5.10 Å². The number of anilines is 1. The molecule has 128 valence electrons. The number of hydrogen-bond acceptors (Lipinski definition) is 6. The highest BCUT2D eigenvalue weighted by atomic mass is 16.5. The highest BCUT2D eigenvalue weighted by Gasteiger charge is 2.42. The Morgan fingerprint density at radius 3 is 2.79 bits per heavy atom. The minimum Gasteiger partial charge on any atom is -0.468 e. The lowest BCUT2D eigenvalue weighted by molar-refractivity contribution is -0.141. The summed E-state index contributed by atoms with van der Waals surface area (Å²) in [4.78, 5) is 23.0. The highest BCUT2D eigenvalue weighted by molar-refractivity contribution is 5.88. The zero-order chi connectivity index (χ0) is 16.6. The maximum absolute atomic E-state index is 11.6. The van der Waals surface area contributed by atoms with Crippen LogP contribution >= 0.6 is 0 Å². The van der Waals surface area contributed by atoms with Gasteiger partial charge in [0.2, 0.25) is 0 Å². The Morgan fingerprint density at radius 1 is 1.21 bits per heavy atom. The van der Waals surface area contributed by atoms with Crippen LogP contribution in [0.1, 0.15) is 44.9 Å². The largest absolute Gasteiger partial charge is 0.468 e. The molecule has 0 N–H and O–H groups in total. The van der Waals surface area contributed by atoms with E-state index in [-0.39, 0.29) is 18.1 Å². The van der Waals surface area contributed by atoms with Crippen LogP contribution in [0, 0.1) is 0 Å². The normalized spacial score (nSPS) is 20.0. The molecule has 0 unspecified atom stereocenters. The third kappa shape index (κ3) is 2.42. The molecule has 1 saturated heterocycles. The van der Waals surface area contributed by atoms with E-state index in [0.717, 1.165) is 17.7 Å². The Morgan fingerprint density at radius 2 is 2.00 bits per heavy atom. The summed E-state index contributed by atoms with van der Waals surface area (Å²) in [7, 11) is 1.38. The molecule has 0 atom stereocenters. The number of aromatic nitrogens is 4. The van der Waals surface area contributed by atoms with Crippen LogP contribution in [-0.4, -0.2) is 44.9 Å². The van der Waals surface area contributed by atoms with Gasteiger partial charge in [-0.05, 0) is 25.7 Å². The Balaban J connectivity index is 1.73. The number of esters is 1. The molecule has 0 bridgehead atoms. The van der Waals surface area contributed by atoms with Crippen molar-refractivity contribution in [3.05, 3.63) is 12.5 Å². The first-order chi connectivity index (χ1) is 11.7. The van der Waals surface area contributed by atoms with Crippen molar-refractivity contribution in [3.63, 3.8) is 0 Å². The molecule has 0 amide bonds. The molecule has 2 aliphatic rings. The summed E-state index contributed by atoms with van der Waals surface area (Å²) in [6.45, 7) is 1.11. The number of rotatable bonds is 3. The van der Waals surface area contributed by atoms with Gasteiger partial charge in [0.25, 0.3) is 0 Å². The summed E-state index contributed by atoms with van der Waals surface area (Å²) < 4.78 is 6.33. The summed E-state index contributed by atoms with van der Waals surface area (Å²) in [5.41, 5.74) is 0.951. The fraction of sp³-hybridized carbons (Fsp3) is 0.647. The number of hydrogen-bond donors (Lipinski definition) is 0. The van der Waals surface area contributed by atoms with Crippen LogP contribution in [0.3, 0.4) is 0 Å². The maximum Gasteiger partial charge on any atom is 0.327 e. The predicted molar refractivity (Wildman–Crippen MR) is 89.7 cm³/mol. The Hall–Kier alpha value is -2.18. The standard InChI is InChI=1S/C17H23N5O2/c1-24-14(23)11-22-16-13(10-20-22)15(18-12-19-16)21-9-5-8-17(21)6-3-2-4-7-17/h10,12H,2-9,11H2,1H3. The lowest BCUT2D eigenvalue weighted by Crippen LogP contribution is -2.46. The number of carbonyl (C=O) groups is 1. The molecule has 0 aromatic carbocycles. The smallest absolute Gasteiger partial charge is 0.327 e. The van der Waals surface area contributed by atoms with Crippen molar-refractivity contribution in [3.8, 4) is 0 Å². The van der Waals surface area contributed by atoms with Gasteiger partial charge in [-0.25, -0.2) is 14.6 Å². The molecular formula is C17H23N5O2. The van der Waals surface area contributed by atoms with E-state index in [1.54, 1.807) is 17.2 Å². The molecule has 2 aromatic rings. The minimum atomic E-state index is -0.329. The van der Waals surface area contributed by atoms with Crippen molar-refractivity contribution >= 4 is 22.8 Å². The van der Waals surface area contributed by atoms with Crippen LogP contribution in [0.5, 0.6) is 0 Å². The average molecular weight is 329 g/mol. The predicted octanol–water partition coefficient (Wildman–Crippen LogP) is 2.30.